The molecule has 4 N–H and O–H groups in total. The summed E-state index contributed by atoms with van der Waals surface area (Å²) in [6, 6.07) is 1.04. The van der Waals surface area contributed by atoms with Crippen molar-refractivity contribution < 1.29 is 13.2 Å². The van der Waals surface area contributed by atoms with E-state index in [-0.39, 0.29) is 17.1 Å². The number of aromatic nitrogens is 1. The fourth-order valence-corrected chi connectivity index (χ4v) is 2.85. The number of hydrogen-bond acceptors (Lipinski definition) is 6. The molecule has 0 aromatic carbocycles. The first-order valence-corrected chi connectivity index (χ1v) is 8.19. The second-order valence-electron chi connectivity index (χ2n) is 4.16. The third kappa shape index (κ3) is 5.13. The highest BCUT2D eigenvalue weighted by Crippen LogP contribution is 2.17. The SMILES string of the molecule is CC(CS(C)(=O)=O)NC(=O)c1cc(Br)cnc1NN. The first-order valence-electron chi connectivity index (χ1n) is 5.33. The molecule has 7 nitrogen and oxygen atoms in total. The number of anilines is 1. The molecule has 0 spiro atoms. The van der Waals surface area contributed by atoms with Gasteiger partial charge in [0.1, 0.15) is 9.84 Å². The Hall–Kier alpha value is -1.19. The summed E-state index contributed by atoms with van der Waals surface area (Å²) in [6.07, 6.45) is 2.61. The highest BCUT2D eigenvalue weighted by atomic mass is 79.9. The highest BCUT2D eigenvalue weighted by molar-refractivity contribution is 9.10. The molecule has 19 heavy (non-hydrogen) atoms. The minimum Gasteiger partial charge on any atom is -0.348 e. The first kappa shape index (κ1) is 15.9. The zero-order valence-corrected chi connectivity index (χ0v) is 12.9. The molecule has 1 amide bonds. The highest BCUT2D eigenvalue weighted by Gasteiger charge is 2.17. The molecule has 0 fully saturated rings. The fraction of sp³-hybridized carbons (Fsp3) is 0.400. The predicted molar refractivity (Wildman–Crippen MR) is 76.4 cm³/mol. The van der Waals surface area contributed by atoms with E-state index in [0.29, 0.717) is 4.47 Å². The van der Waals surface area contributed by atoms with Crippen molar-refractivity contribution in [2.75, 3.05) is 17.4 Å². The molecule has 1 aromatic heterocycles. The Morgan fingerprint density at radius 3 is 2.74 bits per heavy atom. The molecule has 9 heteroatoms. The normalized spacial score (nSPS) is 12.8. The topological polar surface area (TPSA) is 114 Å². The van der Waals surface area contributed by atoms with Crippen LogP contribution in [0.4, 0.5) is 5.82 Å². The molecule has 0 saturated carbocycles. The van der Waals surface area contributed by atoms with Crippen LogP contribution < -0.4 is 16.6 Å². The molecule has 0 radical (unpaired) electrons. The van der Waals surface area contributed by atoms with Crippen molar-refractivity contribution in [2.45, 2.75) is 13.0 Å². The number of hydrogen-bond donors (Lipinski definition) is 3. The van der Waals surface area contributed by atoms with Crippen LogP contribution in [-0.4, -0.2) is 37.4 Å². The van der Waals surface area contributed by atoms with Crippen molar-refractivity contribution in [3.63, 3.8) is 0 Å². The molecule has 106 valence electrons. The molecule has 0 saturated heterocycles. The monoisotopic (exact) mass is 350 g/mol. The number of amides is 1. The van der Waals surface area contributed by atoms with Crippen LogP contribution in [0.25, 0.3) is 0 Å². The van der Waals surface area contributed by atoms with Gasteiger partial charge in [-0.15, -0.1) is 0 Å². The number of pyridine rings is 1. The summed E-state index contributed by atoms with van der Waals surface area (Å²) in [5, 5.41) is 2.58. The van der Waals surface area contributed by atoms with Crippen molar-refractivity contribution in [1.29, 1.82) is 0 Å². The molecule has 1 rings (SSSR count). The number of nitrogens with zero attached hydrogens (tertiary/aromatic N) is 1. The number of carbonyl (C=O) groups excluding carboxylic acids is 1. The van der Waals surface area contributed by atoms with Crippen molar-refractivity contribution in [3.05, 3.63) is 22.3 Å². The maximum atomic E-state index is 12.0. The minimum atomic E-state index is -3.15. The Bertz CT molecular complexity index is 576. The van der Waals surface area contributed by atoms with E-state index in [2.05, 4.69) is 31.7 Å². The number of sulfone groups is 1. The van der Waals surface area contributed by atoms with Gasteiger partial charge in [-0.3, -0.25) is 4.79 Å². The average molecular weight is 351 g/mol. The van der Waals surface area contributed by atoms with Gasteiger partial charge in [-0.05, 0) is 28.9 Å². The van der Waals surface area contributed by atoms with Crippen LogP contribution in [-0.2, 0) is 9.84 Å². The van der Waals surface area contributed by atoms with Gasteiger partial charge < -0.3 is 10.7 Å². The minimum absolute atomic E-state index is 0.133. The van der Waals surface area contributed by atoms with E-state index >= 15 is 0 Å². The zero-order valence-electron chi connectivity index (χ0n) is 10.5. The molecule has 0 bridgehead atoms. The van der Waals surface area contributed by atoms with Gasteiger partial charge >= 0.3 is 0 Å². The second kappa shape index (κ2) is 6.31. The van der Waals surface area contributed by atoms with Crippen molar-refractivity contribution in [2.24, 2.45) is 5.84 Å². The van der Waals surface area contributed by atoms with E-state index in [1.807, 2.05) is 0 Å². The molecular weight excluding hydrogens is 336 g/mol. The summed E-state index contributed by atoms with van der Waals surface area (Å²) in [7, 11) is -3.15. The van der Waals surface area contributed by atoms with E-state index in [1.54, 1.807) is 13.0 Å². The maximum absolute atomic E-state index is 12.0. The quantitative estimate of drug-likeness (QED) is 0.519. The van der Waals surface area contributed by atoms with E-state index < -0.39 is 21.8 Å². The van der Waals surface area contributed by atoms with Crippen molar-refractivity contribution >= 4 is 37.5 Å². The Labute approximate surface area is 120 Å². The largest absolute Gasteiger partial charge is 0.348 e. The first-order chi connectivity index (χ1) is 8.73. The number of rotatable bonds is 5. The summed E-state index contributed by atoms with van der Waals surface area (Å²) in [5.74, 6) is 4.90. The molecule has 1 atom stereocenters. The van der Waals surface area contributed by atoms with Crippen molar-refractivity contribution in [3.8, 4) is 0 Å². The summed E-state index contributed by atoms with van der Waals surface area (Å²) >= 11 is 3.20. The van der Waals surface area contributed by atoms with E-state index in [4.69, 9.17) is 5.84 Å². The number of nitrogen functional groups attached to an aromatic ring is 1. The lowest BCUT2D eigenvalue weighted by Gasteiger charge is -2.14. The van der Waals surface area contributed by atoms with Gasteiger partial charge in [-0.2, -0.15) is 0 Å². The van der Waals surface area contributed by atoms with E-state index in [1.165, 1.54) is 6.20 Å². The molecule has 0 aliphatic heterocycles. The van der Waals surface area contributed by atoms with Gasteiger partial charge in [0.25, 0.3) is 5.91 Å². The van der Waals surface area contributed by atoms with Crippen LogP contribution in [0.5, 0.6) is 0 Å². The van der Waals surface area contributed by atoms with Gasteiger partial charge in [0, 0.05) is 23.0 Å². The number of hydrazine groups is 1. The van der Waals surface area contributed by atoms with Crippen LogP contribution in [0.1, 0.15) is 17.3 Å². The summed E-state index contributed by atoms with van der Waals surface area (Å²) in [4.78, 5) is 15.9. The van der Waals surface area contributed by atoms with Crippen molar-refractivity contribution in [1.82, 2.24) is 10.3 Å². The summed E-state index contributed by atoms with van der Waals surface area (Å²) in [6.45, 7) is 1.61. The Morgan fingerprint density at radius 2 is 2.21 bits per heavy atom. The lowest BCUT2D eigenvalue weighted by atomic mass is 10.2. The smallest absolute Gasteiger partial charge is 0.255 e. The number of nitrogens with one attached hydrogen (secondary N) is 2. The third-order valence-electron chi connectivity index (χ3n) is 2.17. The molecule has 0 aliphatic carbocycles. The second-order valence-corrected chi connectivity index (χ2v) is 7.26. The Kier molecular flexibility index (Phi) is 5.27. The molecule has 0 aliphatic rings. The lowest BCUT2D eigenvalue weighted by Crippen LogP contribution is -2.37. The predicted octanol–water partition coefficient (Wildman–Crippen LogP) is 0.293. The summed E-state index contributed by atoms with van der Waals surface area (Å²) < 4.78 is 22.9. The fourth-order valence-electron chi connectivity index (χ4n) is 1.52. The molecule has 1 aromatic rings. The maximum Gasteiger partial charge on any atom is 0.255 e. The Balaban J connectivity index is 2.86. The van der Waals surface area contributed by atoms with Gasteiger partial charge in [0.2, 0.25) is 0 Å². The number of nitrogens with two attached hydrogens (primary N) is 1. The van der Waals surface area contributed by atoms with Crippen LogP contribution in [0, 0.1) is 0 Å². The summed E-state index contributed by atoms with van der Waals surface area (Å²) in [5.41, 5.74) is 2.55. The van der Waals surface area contributed by atoms with Gasteiger partial charge in [-0.1, -0.05) is 0 Å². The number of halogens is 1. The van der Waals surface area contributed by atoms with Crippen LogP contribution in [0.2, 0.25) is 0 Å². The van der Waals surface area contributed by atoms with Crippen LogP contribution >= 0.6 is 15.9 Å². The van der Waals surface area contributed by atoms with E-state index in [9.17, 15) is 13.2 Å². The van der Waals surface area contributed by atoms with Crippen LogP contribution in [0.3, 0.4) is 0 Å². The zero-order chi connectivity index (χ0) is 14.6. The molecule has 1 unspecified atom stereocenters. The van der Waals surface area contributed by atoms with Gasteiger partial charge in [0.15, 0.2) is 5.82 Å². The number of carbonyl (C=O) groups is 1. The van der Waals surface area contributed by atoms with Crippen LogP contribution in [0.15, 0.2) is 16.7 Å². The standard InChI is InChI=1S/C10H15BrN4O3S/c1-6(5-19(2,17)18)14-10(16)8-3-7(11)4-13-9(8)15-12/h3-4,6H,5,12H2,1-2H3,(H,13,15)(H,14,16). The van der Waals surface area contributed by atoms with Gasteiger partial charge in [-0.25, -0.2) is 19.2 Å². The Morgan fingerprint density at radius 1 is 1.58 bits per heavy atom. The lowest BCUT2D eigenvalue weighted by molar-refractivity contribution is 0.0944. The average Bonchev–Trinajstić information content (AvgIpc) is 2.26. The van der Waals surface area contributed by atoms with E-state index in [0.717, 1.165) is 6.26 Å². The molecule has 1 heterocycles. The van der Waals surface area contributed by atoms with Gasteiger partial charge in [0.05, 0.1) is 11.3 Å². The third-order valence-corrected chi connectivity index (χ3v) is 3.71. The molecular formula is C10H15BrN4O3S.